The summed E-state index contributed by atoms with van der Waals surface area (Å²) in [4.78, 5) is 12.2. The Bertz CT molecular complexity index is 1090. The van der Waals surface area contributed by atoms with Gasteiger partial charge in [-0.3, -0.25) is 4.72 Å². The predicted octanol–water partition coefficient (Wildman–Crippen LogP) is 2.93. The van der Waals surface area contributed by atoms with Crippen molar-refractivity contribution in [2.75, 3.05) is 11.3 Å². The molecule has 0 aliphatic rings. The van der Waals surface area contributed by atoms with Gasteiger partial charge in [-0.15, -0.1) is 0 Å². The van der Waals surface area contributed by atoms with E-state index in [1.54, 1.807) is 44.3 Å². The Kier molecular flexibility index (Phi) is 4.69. The molecule has 0 radical (unpaired) electrons. The number of aromatic nitrogens is 2. The van der Waals surface area contributed by atoms with E-state index in [0.717, 1.165) is 5.56 Å². The average molecular weight is 373 g/mol. The van der Waals surface area contributed by atoms with Gasteiger partial charge < -0.3 is 4.74 Å². The van der Waals surface area contributed by atoms with Crippen LogP contribution in [-0.2, 0) is 14.8 Å². The second kappa shape index (κ2) is 6.80. The third kappa shape index (κ3) is 3.41. The Balaban J connectivity index is 1.98. The number of hydrogen-bond acceptors (Lipinski definition) is 5. The number of fused-ring (bicyclic) bond motifs is 1. The van der Waals surface area contributed by atoms with Crippen molar-refractivity contribution in [3.63, 3.8) is 0 Å². The molecule has 8 heteroatoms. The van der Waals surface area contributed by atoms with E-state index < -0.39 is 16.0 Å². The predicted molar refractivity (Wildman–Crippen MR) is 97.9 cm³/mol. The van der Waals surface area contributed by atoms with Crippen LogP contribution in [-0.4, -0.2) is 30.6 Å². The molecular formula is C18H19N3O4S. The fraction of sp³-hybridized carbons (Fsp3) is 0.222. The molecule has 0 aliphatic heterocycles. The number of aryl methyl sites for hydroxylation is 2. The molecule has 26 heavy (non-hydrogen) atoms. The SMILES string of the molecule is CCOC(=O)c1cnn2ccc(NS(=O)(=O)c3ccc(C)cc3C)cc12. The lowest BCUT2D eigenvalue weighted by atomic mass is 10.2. The number of anilines is 1. The molecule has 0 saturated heterocycles. The molecule has 2 heterocycles. The van der Waals surface area contributed by atoms with Crippen LogP contribution in [0.1, 0.15) is 28.4 Å². The summed E-state index contributed by atoms with van der Waals surface area (Å²) in [6, 6.07) is 8.28. The molecule has 0 unspecified atom stereocenters. The zero-order chi connectivity index (χ0) is 18.9. The zero-order valence-corrected chi connectivity index (χ0v) is 15.5. The van der Waals surface area contributed by atoms with Gasteiger partial charge in [0, 0.05) is 6.20 Å². The molecule has 3 aromatic rings. The first kappa shape index (κ1) is 17.9. The number of carbonyl (C=O) groups is 1. The molecule has 0 aliphatic carbocycles. The van der Waals surface area contributed by atoms with Crippen molar-refractivity contribution < 1.29 is 17.9 Å². The summed E-state index contributed by atoms with van der Waals surface area (Å²) in [6.45, 7) is 5.62. The van der Waals surface area contributed by atoms with Crippen LogP contribution in [0.5, 0.6) is 0 Å². The topological polar surface area (TPSA) is 89.8 Å². The van der Waals surface area contributed by atoms with Crippen molar-refractivity contribution in [3.05, 3.63) is 59.4 Å². The highest BCUT2D eigenvalue weighted by molar-refractivity contribution is 7.92. The third-order valence-corrected chi connectivity index (χ3v) is 5.43. The first-order valence-electron chi connectivity index (χ1n) is 8.06. The van der Waals surface area contributed by atoms with Crippen LogP contribution in [0, 0.1) is 13.8 Å². The smallest absolute Gasteiger partial charge is 0.341 e. The van der Waals surface area contributed by atoms with Crippen LogP contribution in [0.15, 0.2) is 47.6 Å². The molecule has 2 aromatic heterocycles. The molecule has 0 bridgehead atoms. The number of hydrogen-bond donors (Lipinski definition) is 1. The van der Waals surface area contributed by atoms with E-state index in [0.29, 0.717) is 16.8 Å². The summed E-state index contributed by atoms with van der Waals surface area (Å²) < 4.78 is 34.5. The van der Waals surface area contributed by atoms with Crippen LogP contribution < -0.4 is 4.72 Å². The van der Waals surface area contributed by atoms with Crippen LogP contribution in [0.4, 0.5) is 5.69 Å². The molecular weight excluding hydrogens is 354 g/mol. The van der Waals surface area contributed by atoms with E-state index in [9.17, 15) is 13.2 Å². The van der Waals surface area contributed by atoms with Crippen molar-refractivity contribution in [2.24, 2.45) is 0 Å². The van der Waals surface area contributed by atoms with Gasteiger partial charge in [-0.1, -0.05) is 17.7 Å². The highest BCUT2D eigenvalue weighted by Gasteiger charge is 2.19. The maximum Gasteiger partial charge on any atom is 0.341 e. The van der Waals surface area contributed by atoms with E-state index in [4.69, 9.17) is 4.74 Å². The first-order valence-corrected chi connectivity index (χ1v) is 9.54. The second-order valence-corrected chi connectivity index (χ2v) is 7.55. The molecule has 1 aromatic carbocycles. The summed E-state index contributed by atoms with van der Waals surface area (Å²) in [7, 11) is -3.75. The van der Waals surface area contributed by atoms with Gasteiger partial charge in [-0.05, 0) is 44.5 Å². The fourth-order valence-corrected chi connectivity index (χ4v) is 4.00. The number of carbonyl (C=O) groups excluding carboxylic acids is 1. The minimum Gasteiger partial charge on any atom is -0.462 e. The highest BCUT2D eigenvalue weighted by Crippen LogP contribution is 2.22. The lowest BCUT2D eigenvalue weighted by Crippen LogP contribution is -2.14. The lowest BCUT2D eigenvalue weighted by Gasteiger charge is -2.11. The van der Waals surface area contributed by atoms with E-state index in [1.165, 1.54) is 10.7 Å². The van der Waals surface area contributed by atoms with Gasteiger partial charge in [0.2, 0.25) is 0 Å². The van der Waals surface area contributed by atoms with Gasteiger partial charge in [0.15, 0.2) is 0 Å². The van der Waals surface area contributed by atoms with Gasteiger partial charge in [-0.2, -0.15) is 5.10 Å². The number of nitrogens with one attached hydrogen (secondary N) is 1. The van der Waals surface area contributed by atoms with Crippen molar-refractivity contribution in [1.29, 1.82) is 0 Å². The monoisotopic (exact) mass is 373 g/mol. The standard InChI is InChI=1S/C18H19N3O4S/c1-4-25-18(22)15-11-19-21-8-7-14(10-16(15)21)20-26(23,24)17-6-5-12(2)9-13(17)3/h5-11,20H,4H2,1-3H3. The largest absolute Gasteiger partial charge is 0.462 e. The van der Waals surface area contributed by atoms with Gasteiger partial charge in [0.1, 0.15) is 5.56 Å². The quantitative estimate of drug-likeness (QED) is 0.695. The minimum absolute atomic E-state index is 0.210. The van der Waals surface area contributed by atoms with E-state index >= 15 is 0 Å². The molecule has 0 saturated carbocycles. The summed E-state index contributed by atoms with van der Waals surface area (Å²) >= 11 is 0. The van der Waals surface area contributed by atoms with E-state index in [-0.39, 0.29) is 17.1 Å². The third-order valence-electron chi connectivity index (χ3n) is 3.89. The highest BCUT2D eigenvalue weighted by atomic mass is 32.2. The molecule has 3 rings (SSSR count). The van der Waals surface area contributed by atoms with Crippen LogP contribution in [0.25, 0.3) is 5.52 Å². The van der Waals surface area contributed by atoms with E-state index in [2.05, 4.69) is 9.82 Å². The second-order valence-electron chi connectivity index (χ2n) is 5.90. The molecule has 0 amide bonds. The Morgan fingerprint density at radius 3 is 2.69 bits per heavy atom. The van der Waals surface area contributed by atoms with Crippen LogP contribution >= 0.6 is 0 Å². The Morgan fingerprint density at radius 2 is 2.00 bits per heavy atom. The van der Waals surface area contributed by atoms with Crippen molar-refractivity contribution in [3.8, 4) is 0 Å². The molecule has 0 spiro atoms. The van der Waals surface area contributed by atoms with Crippen LogP contribution in [0.3, 0.4) is 0 Å². The summed E-state index contributed by atoms with van der Waals surface area (Å²) in [5.41, 5.74) is 2.73. The minimum atomic E-state index is -3.75. The van der Waals surface area contributed by atoms with Gasteiger partial charge >= 0.3 is 5.97 Å². The van der Waals surface area contributed by atoms with Gasteiger partial charge in [0.25, 0.3) is 10.0 Å². The fourth-order valence-electron chi connectivity index (χ4n) is 2.72. The molecule has 7 nitrogen and oxygen atoms in total. The van der Waals surface area contributed by atoms with Crippen LogP contribution in [0.2, 0.25) is 0 Å². The maximum atomic E-state index is 12.7. The molecule has 0 fully saturated rings. The Hall–Kier alpha value is -2.87. The number of ether oxygens (including phenoxy) is 1. The number of pyridine rings is 1. The number of sulfonamides is 1. The Labute approximate surface area is 151 Å². The van der Waals surface area contributed by atoms with Crippen molar-refractivity contribution >= 4 is 27.2 Å². The van der Waals surface area contributed by atoms with Gasteiger partial charge in [0.05, 0.1) is 28.9 Å². The van der Waals surface area contributed by atoms with Gasteiger partial charge in [-0.25, -0.2) is 17.7 Å². The summed E-state index contributed by atoms with van der Waals surface area (Å²) in [6.07, 6.45) is 2.98. The van der Waals surface area contributed by atoms with E-state index in [1.807, 2.05) is 13.0 Å². The molecule has 0 atom stereocenters. The number of rotatable bonds is 5. The normalized spacial score (nSPS) is 11.5. The Morgan fingerprint density at radius 1 is 1.23 bits per heavy atom. The zero-order valence-electron chi connectivity index (χ0n) is 14.7. The molecule has 136 valence electrons. The maximum absolute atomic E-state index is 12.7. The number of nitrogens with zero attached hydrogens (tertiary/aromatic N) is 2. The van der Waals surface area contributed by atoms with Crippen molar-refractivity contribution in [2.45, 2.75) is 25.7 Å². The lowest BCUT2D eigenvalue weighted by molar-refractivity contribution is 0.0528. The number of esters is 1. The summed E-state index contributed by atoms with van der Waals surface area (Å²) in [5.74, 6) is -0.503. The first-order chi connectivity index (χ1) is 12.3. The number of benzene rings is 1. The van der Waals surface area contributed by atoms with Crippen molar-refractivity contribution in [1.82, 2.24) is 9.61 Å². The molecule has 1 N–H and O–H groups in total. The summed E-state index contributed by atoms with van der Waals surface area (Å²) in [5, 5.41) is 4.08. The average Bonchev–Trinajstić information content (AvgIpc) is 2.97.